The summed E-state index contributed by atoms with van der Waals surface area (Å²) in [6.45, 7) is 0. The first kappa shape index (κ1) is 9.33. The van der Waals surface area contributed by atoms with Gasteiger partial charge in [0.25, 0.3) is 0 Å². The largest absolute Gasteiger partial charge is 0.496 e. The summed E-state index contributed by atoms with van der Waals surface area (Å²) in [5.74, 6) is 0.679. The monoisotopic (exact) mass is 178 g/mol. The van der Waals surface area contributed by atoms with Crippen molar-refractivity contribution in [1.29, 1.82) is 5.39 Å². The Balaban J connectivity index is 3.18. The minimum absolute atomic E-state index is 0.504. The minimum Gasteiger partial charge on any atom is -0.496 e. The second-order valence-corrected chi connectivity index (χ2v) is 2.85. The van der Waals surface area contributed by atoms with Gasteiger partial charge in [0.2, 0.25) is 5.39 Å². The topological polar surface area (TPSA) is 40.6 Å². The Morgan fingerprint density at radius 3 is 2.54 bits per heavy atom. The van der Waals surface area contributed by atoms with E-state index >= 15 is 0 Å². The van der Waals surface area contributed by atoms with Crippen molar-refractivity contribution in [3.63, 3.8) is 0 Å². The van der Waals surface area contributed by atoms with Crippen molar-refractivity contribution in [2.45, 2.75) is 0 Å². The normalized spacial score (nSPS) is 9.08. The van der Waals surface area contributed by atoms with Crippen LogP contribution in [0.4, 0.5) is 11.4 Å². The molecule has 0 bridgehead atoms. The van der Waals surface area contributed by atoms with Crippen LogP contribution in [0.1, 0.15) is 0 Å². The number of hydrogen-bond donors (Lipinski definition) is 0. The van der Waals surface area contributed by atoms with Crippen LogP contribution in [-0.4, -0.2) is 21.2 Å². The summed E-state index contributed by atoms with van der Waals surface area (Å²) in [6, 6.07) is 5.34. The van der Waals surface area contributed by atoms with Gasteiger partial charge in [-0.15, -0.1) is 0 Å². The molecule has 68 valence electrons. The number of nitrogens with zero attached hydrogens (tertiary/aromatic N) is 3. The van der Waals surface area contributed by atoms with Gasteiger partial charge in [-0.1, -0.05) is 0 Å². The maximum absolute atomic E-state index is 8.73. The molecule has 0 atom stereocenters. The fourth-order valence-electron chi connectivity index (χ4n) is 1.09. The molecule has 0 fully saturated rings. The van der Waals surface area contributed by atoms with Gasteiger partial charge in [-0.2, -0.15) is 0 Å². The van der Waals surface area contributed by atoms with Crippen LogP contribution in [0.25, 0.3) is 4.98 Å². The van der Waals surface area contributed by atoms with Crippen molar-refractivity contribution in [1.82, 2.24) is 0 Å². The van der Waals surface area contributed by atoms with E-state index in [0.717, 1.165) is 5.69 Å². The summed E-state index contributed by atoms with van der Waals surface area (Å²) in [6.07, 6.45) is 0. The zero-order valence-electron chi connectivity index (χ0n) is 7.98. The van der Waals surface area contributed by atoms with E-state index in [0.29, 0.717) is 11.4 Å². The predicted molar refractivity (Wildman–Crippen MR) is 52.1 cm³/mol. The van der Waals surface area contributed by atoms with E-state index in [-0.39, 0.29) is 0 Å². The van der Waals surface area contributed by atoms with E-state index in [1.54, 1.807) is 13.2 Å². The van der Waals surface area contributed by atoms with Gasteiger partial charge in [-0.3, -0.25) is 0 Å². The quantitative estimate of drug-likeness (QED) is 0.652. The number of rotatable bonds is 2. The molecule has 4 heteroatoms. The molecule has 0 N–H and O–H groups in total. The van der Waals surface area contributed by atoms with Crippen LogP contribution in [0.5, 0.6) is 5.75 Å². The van der Waals surface area contributed by atoms with E-state index in [9.17, 15) is 0 Å². The van der Waals surface area contributed by atoms with Gasteiger partial charge < -0.3 is 9.64 Å². The zero-order chi connectivity index (χ0) is 9.84. The second-order valence-electron chi connectivity index (χ2n) is 2.85. The third-order valence-electron chi connectivity index (χ3n) is 1.77. The third kappa shape index (κ3) is 1.88. The Bertz CT molecular complexity index is 341. The highest BCUT2D eigenvalue weighted by atomic mass is 16.5. The number of ether oxygens (including phenoxy) is 1. The maximum Gasteiger partial charge on any atom is 0.411 e. The average molecular weight is 178 g/mol. The molecule has 0 unspecified atom stereocenters. The molecular weight excluding hydrogens is 166 g/mol. The lowest BCUT2D eigenvalue weighted by Crippen LogP contribution is -2.08. The molecule has 0 amide bonds. The standard InChI is InChI=1S/C9H12N3O/c1-12(2)9-5-4-7(13-3)6-8(9)11-10/h4-6H,1-3H3/q+1. The van der Waals surface area contributed by atoms with Crippen molar-refractivity contribution in [3.05, 3.63) is 23.2 Å². The first-order valence-corrected chi connectivity index (χ1v) is 3.89. The molecule has 4 nitrogen and oxygen atoms in total. The molecule has 13 heavy (non-hydrogen) atoms. The van der Waals surface area contributed by atoms with Gasteiger partial charge in [-0.25, -0.2) is 0 Å². The molecule has 0 aliphatic heterocycles. The lowest BCUT2D eigenvalue weighted by atomic mass is 10.2. The molecule has 1 rings (SSSR count). The van der Waals surface area contributed by atoms with Crippen molar-refractivity contribution in [2.24, 2.45) is 0 Å². The zero-order valence-corrected chi connectivity index (χ0v) is 7.98. The maximum atomic E-state index is 8.73. The Morgan fingerprint density at radius 2 is 2.08 bits per heavy atom. The van der Waals surface area contributed by atoms with Gasteiger partial charge in [-0.05, 0) is 12.1 Å². The van der Waals surface area contributed by atoms with Gasteiger partial charge in [0, 0.05) is 14.1 Å². The first-order chi connectivity index (χ1) is 6.19. The molecule has 0 saturated carbocycles. The van der Waals surface area contributed by atoms with Crippen LogP contribution in [0.3, 0.4) is 0 Å². The van der Waals surface area contributed by atoms with E-state index in [1.807, 2.05) is 31.1 Å². The van der Waals surface area contributed by atoms with Gasteiger partial charge >= 0.3 is 5.69 Å². The third-order valence-corrected chi connectivity index (χ3v) is 1.77. The molecule has 0 aromatic heterocycles. The van der Waals surface area contributed by atoms with Crippen molar-refractivity contribution < 1.29 is 4.74 Å². The summed E-state index contributed by atoms with van der Waals surface area (Å²) in [4.78, 5) is 5.05. The smallest absolute Gasteiger partial charge is 0.411 e. The Morgan fingerprint density at radius 1 is 1.38 bits per heavy atom. The van der Waals surface area contributed by atoms with Crippen LogP contribution >= 0.6 is 0 Å². The molecule has 1 aromatic carbocycles. The van der Waals surface area contributed by atoms with E-state index in [4.69, 9.17) is 10.1 Å². The molecule has 0 heterocycles. The number of hydrogen-bond acceptors (Lipinski definition) is 3. The fraction of sp³-hybridized carbons (Fsp3) is 0.333. The van der Waals surface area contributed by atoms with Crippen molar-refractivity contribution >= 4 is 11.4 Å². The van der Waals surface area contributed by atoms with Crippen molar-refractivity contribution in [2.75, 3.05) is 26.1 Å². The molecule has 0 aliphatic carbocycles. The number of methoxy groups -OCH3 is 1. The molecule has 0 radical (unpaired) electrons. The highest BCUT2D eigenvalue weighted by Crippen LogP contribution is 2.31. The Hall–Kier alpha value is -1.76. The fourth-order valence-corrected chi connectivity index (χ4v) is 1.09. The first-order valence-electron chi connectivity index (χ1n) is 3.89. The molecule has 0 saturated heterocycles. The Labute approximate surface area is 77.4 Å². The van der Waals surface area contributed by atoms with Crippen LogP contribution in [0.15, 0.2) is 18.2 Å². The van der Waals surface area contributed by atoms with Crippen LogP contribution < -0.4 is 9.64 Å². The molecule has 1 aromatic rings. The van der Waals surface area contributed by atoms with Gasteiger partial charge in [0.1, 0.15) is 11.4 Å². The molecule has 0 spiro atoms. The summed E-state index contributed by atoms with van der Waals surface area (Å²) in [7, 11) is 5.35. The van der Waals surface area contributed by atoms with Crippen LogP contribution in [0.2, 0.25) is 0 Å². The average Bonchev–Trinajstić information content (AvgIpc) is 2.16. The molecule has 0 aliphatic rings. The van der Waals surface area contributed by atoms with Gasteiger partial charge in [0.15, 0.2) is 4.98 Å². The predicted octanol–water partition coefficient (Wildman–Crippen LogP) is 2.25. The van der Waals surface area contributed by atoms with E-state index < -0.39 is 0 Å². The highest BCUT2D eigenvalue weighted by molar-refractivity contribution is 5.71. The van der Waals surface area contributed by atoms with E-state index in [1.165, 1.54) is 0 Å². The second kappa shape index (κ2) is 3.76. The summed E-state index contributed by atoms with van der Waals surface area (Å²) >= 11 is 0. The minimum atomic E-state index is 0.504. The van der Waals surface area contributed by atoms with Crippen molar-refractivity contribution in [3.8, 4) is 5.75 Å². The van der Waals surface area contributed by atoms with Crippen LogP contribution in [0, 0.1) is 5.39 Å². The number of anilines is 1. The number of benzene rings is 1. The SMILES string of the molecule is COc1ccc(N(C)C)c([N+]#N)c1. The highest BCUT2D eigenvalue weighted by Gasteiger charge is 2.16. The summed E-state index contributed by atoms with van der Waals surface area (Å²) in [5, 5.41) is 8.73. The van der Waals surface area contributed by atoms with Gasteiger partial charge in [0.05, 0.1) is 13.2 Å². The molecular formula is C9H12N3O+. The summed E-state index contributed by atoms with van der Waals surface area (Å²) in [5.41, 5.74) is 1.35. The lowest BCUT2D eigenvalue weighted by molar-refractivity contribution is 0.415. The van der Waals surface area contributed by atoms with E-state index in [2.05, 4.69) is 4.98 Å². The lowest BCUT2D eigenvalue weighted by Gasteiger charge is -2.09. The number of diazo groups is 1. The summed E-state index contributed by atoms with van der Waals surface area (Å²) < 4.78 is 5.00. The van der Waals surface area contributed by atoms with Crippen LogP contribution in [-0.2, 0) is 0 Å². The Kier molecular flexibility index (Phi) is 2.70.